The summed E-state index contributed by atoms with van der Waals surface area (Å²) in [7, 11) is 0. The van der Waals surface area contributed by atoms with Crippen molar-refractivity contribution in [2.45, 2.75) is 0 Å². The second-order valence-corrected chi connectivity index (χ2v) is 4.59. The number of rotatable bonds is 2. The van der Waals surface area contributed by atoms with Crippen LogP contribution in [-0.2, 0) is 0 Å². The van der Waals surface area contributed by atoms with Crippen LogP contribution in [0.3, 0.4) is 0 Å². The first-order valence-corrected chi connectivity index (χ1v) is 6.21. The molecule has 0 aliphatic rings. The second-order valence-electron chi connectivity index (χ2n) is 4.15. The van der Waals surface area contributed by atoms with Crippen molar-refractivity contribution in [3.63, 3.8) is 0 Å². The third kappa shape index (κ3) is 2.33. The van der Waals surface area contributed by atoms with Crippen molar-refractivity contribution in [2.24, 2.45) is 0 Å². The van der Waals surface area contributed by atoms with Gasteiger partial charge in [-0.15, -0.1) is 0 Å². The standard InChI is InChI=1S/C15H11ClN2O/c16-12-3-1-11(2-4-12)15-9-10-17-18(15)13-5-7-14(19)8-6-13/h1-10,19H. The quantitative estimate of drug-likeness (QED) is 0.767. The highest BCUT2D eigenvalue weighted by Gasteiger charge is 2.07. The Labute approximate surface area is 115 Å². The van der Waals surface area contributed by atoms with Crippen molar-refractivity contribution in [1.82, 2.24) is 9.78 Å². The fraction of sp³-hybridized carbons (Fsp3) is 0. The lowest BCUT2D eigenvalue weighted by Gasteiger charge is -2.07. The minimum atomic E-state index is 0.240. The molecular formula is C15H11ClN2O. The van der Waals surface area contributed by atoms with Gasteiger partial charge in [-0.25, -0.2) is 4.68 Å². The molecule has 0 bridgehead atoms. The van der Waals surface area contributed by atoms with Crippen LogP contribution >= 0.6 is 11.6 Å². The number of hydrogen-bond acceptors (Lipinski definition) is 2. The molecule has 3 aromatic rings. The van der Waals surface area contributed by atoms with E-state index in [9.17, 15) is 5.11 Å². The van der Waals surface area contributed by atoms with Crippen LogP contribution in [0.2, 0.25) is 5.02 Å². The summed E-state index contributed by atoms with van der Waals surface area (Å²) in [5.74, 6) is 0.240. The van der Waals surface area contributed by atoms with E-state index in [4.69, 9.17) is 11.6 Å². The number of phenols is 1. The molecule has 1 heterocycles. The summed E-state index contributed by atoms with van der Waals surface area (Å²) in [5, 5.41) is 14.4. The van der Waals surface area contributed by atoms with E-state index in [0.29, 0.717) is 5.02 Å². The van der Waals surface area contributed by atoms with Crippen LogP contribution in [0.1, 0.15) is 0 Å². The fourth-order valence-electron chi connectivity index (χ4n) is 1.94. The van der Waals surface area contributed by atoms with Gasteiger partial charge in [0.05, 0.1) is 17.6 Å². The molecule has 0 unspecified atom stereocenters. The predicted octanol–water partition coefficient (Wildman–Crippen LogP) is 3.90. The molecule has 4 heteroatoms. The number of halogens is 1. The lowest BCUT2D eigenvalue weighted by atomic mass is 10.1. The zero-order valence-corrected chi connectivity index (χ0v) is 10.7. The number of nitrogens with zero attached hydrogens (tertiary/aromatic N) is 2. The van der Waals surface area contributed by atoms with Gasteiger partial charge in [0, 0.05) is 10.6 Å². The smallest absolute Gasteiger partial charge is 0.115 e. The first-order chi connectivity index (χ1) is 9.24. The molecule has 0 saturated carbocycles. The molecule has 2 aromatic carbocycles. The maximum Gasteiger partial charge on any atom is 0.115 e. The van der Waals surface area contributed by atoms with E-state index in [2.05, 4.69) is 5.10 Å². The van der Waals surface area contributed by atoms with Gasteiger partial charge in [-0.2, -0.15) is 5.10 Å². The third-order valence-electron chi connectivity index (χ3n) is 2.88. The summed E-state index contributed by atoms with van der Waals surface area (Å²) in [6, 6.07) is 16.5. The molecule has 3 nitrogen and oxygen atoms in total. The Morgan fingerprint density at radius 1 is 0.895 bits per heavy atom. The first-order valence-electron chi connectivity index (χ1n) is 5.83. The van der Waals surface area contributed by atoms with E-state index in [1.807, 2.05) is 47.1 Å². The van der Waals surface area contributed by atoms with Crippen molar-refractivity contribution in [1.29, 1.82) is 0 Å². The summed E-state index contributed by atoms with van der Waals surface area (Å²) < 4.78 is 1.82. The van der Waals surface area contributed by atoms with Crippen molar-refractivity contribution in [3.8, 4) is 22.7 Å². The van der Waals surface area contributed by atoms with Crippen LogP contribution in [0.25, 0.3) is 16.9 Å². The van der Waals surface area contributed by atoms with Gasteiger partial charge in [0.25, 0.3) is 0 Å². The van der Waals surface area contributed by atoms with Crippen molar-refractivity contribution < 1.29 is 5.11 Å². The van der Waals surface area contributed by atoms with E-state index >= 15 is 0 Å². The van der Waals surface area contributed by atoms with Gasteiger partial charge in [0.1, 0.15) is 5.75 Å². The van der Waals surface area contributed by atoms with E-state index in [0.717, 1.165) is 16.9 Å². The van der Waals surface area contributed by atoms with Crippen LogP contribution in [0.4, 0.5) is 0 Å². The zero-order valence-electron chi connectivity index (χ0n) is 9.99. The summed E-state index contributed by atoms with van der Waals surface area (Å²) in [6.07, 6.45) is 1.75. The average Bonchev–Trinajstić information content (AvgIpc) is 2.90. The predicted molar refractivity (Wildman–Crippen MR) is 75.7 cm³/mol. The zero-order chi connectivity index (χ0) is 13.2. The van der Waals surface area contributed by atoms with Gasteiger partial charge in [0.2, 0.25) is 0 Å². The lowest BCUT2D eigenvalue weighted by molar-refractivity contribution is 0.475. The van der Waals surface area contributed by atoms with E-state index in [1.54, 1.807) is 18.3 Å². The molecule has 0 aliphatic carbocycles. The maximum absolute atomic E-state index is 9.33. The molecule has 3 rings (SSSR count). The molecule has 0 fully saturated rings. The minimum Gasteiger partial charge on any atom is -0.508 e. The molecule has 19 heavy (non-hydrogen) atoms. The molecule has 0 atom stereocenters. The number of hydrogen-bond donors (Lipinski definition) is 1. The lowest BCUT2D eigenvalue weighted by Crippen LogP contribution is -1.98. The van der Waals surface area contributed by atoms with Gasteiger partial charge < -0.3 is 5.11 Å². The molecular weight excluding hydrogens is 260 g/mol. The normalized spacial score (nSPS) is 10.6. The molecule has 0 radical (unpaired) electrons. The Kier molecular flexibility index (Phi) is 2.97. The Balaban J connectivity index is 2.07. The summed E-state index contributed by atoms with van der Waals surface area (Å²) in [5.41, 5.74) is 2.91. The SMILES string of the molecule is Oc1ccc(-n2nccc2-c2ccc(Cl)cc2)cc1. The minimum absolute atomic E-state index is 0.240. The van der Waals surface area contributed by atoms with Gasteiger partial charge in [0.15, 0.2) is 0 Å². The van der Waals surface area contributed by atoms with Crippen LogP contribution in [0, 0.1) is 0 Å². The average molecular weight is 271 g/mol. The van der Waals surface area contributed by atoms with Gasteiger partial charge in [-0.1, -0.05) is 23.7 Å². The topological polar surface area (TPSA) is 38.0 Å². The Bertz CT molecular complexity index is 627. The van der Waals surface area contributed by atoms with Crippen LogP contribution in [0.5, 0.6) is 5.75 Å². The summed E-state index contributed by atoms with van der Waals surface area (Å²) in [6.45, 7) is 0. The number of benzene rings is 2. The van der Waals surface area contributed by atoms with E-state index < -0.39 is 0 Å². The highest BCUT2D eigenvalue weighted by molar-refractivity contribution is 6.30. The molecule has 0 aliphatic heterocycles. The Morgan fingerprint density at radius 2 is 1.58 bits per heavy atom. The molecule has 1 aromatic heterocycles. The largest absolute Gasteiger partial charge is 0.508 e. The van der Waals surface area contributed by atoms with E-state index in [1.165, 1.54) is 0 Å². The van der Waals surface area contributed by atoms with Crippen LogP contribution in [-0.4, -0.2) is 14.9 Å². The third-order valence-corrected chi connectivity index (χ3v) is 3.13. The van der Waals surface area contributed by atoms with Crippen molar-refractivity contribution in [3.05, 3.63) is 65.8 Å². The second kappa shape index (κ2) is 4.78. The number of phenolic OH excluding ortho intramolecular Hbond substituents is 1. The van der Waals surface area contributed by atoms with Gasteiger partial charge in [-0.3, -0.25) is 0 Å². The molecule has 1 N–H and O–H groups in total. The van der Waals surface area contributed by atoms with Crippen molar-refractivity contribution in [2.75, 3.05) is 0 Å². The Hall–Kier alpha value is -2.26. The highest BCUT2D eigenvalue weighted by atomic mass is 35.5. The number of aromatic nitrogens is 2. The molecule has 0 saturated heterocycles. The van der Waals surface area contributed by atoms with Crippen LogP contribution < -0.4 is 0 Å². The summed E-state index contributed by atoms with van der Waals surface area (Å²) >= 11 is 5.90. The first kappa shape index (κ1) is 11.8. The van der Waals surface area contributed by atoms with Crippen LogP contribution in [0.15, 0.2) is 60.8 Å². The molecule has 0 amide bonds. The van der Waals surface area contributed by atoms with E-state index in [-0.39, 0.29) is 5.75 Å². The summed E-state index contributed by atoms with van der Waals surface area (Å²) in [4.78, 5) is 0. The molecule has 0 spiro atoms. The Morgan fingerprint density at radius 3 is 2.26 bits per heavy atom. The number of aromatic hydroxyl groups is 1. The maximum atomic E-state index is 9.33. The monoisotopic (exact) mass is 270 g/mol. The van der Waals surface area contributed by atoms with Crippen molar-refractivity contribution >= 4 is 11.6 Å². The van der Waals surface area contributed by atoms with Gasteiger partial charge in [-0.05, 0) is 42.5 Å². The fourth-order valence-corrected chi connectivity index (χ4v) is 2.07. The highest BCUT2D eigenvalue weighted by Crippen LogP contribution is 2.24. The molecule has 94 valence electrons. The van der Waals surface area contributed by atoms with Gasteiger partial charge >= 0.3 is 0 Å².